The minimum absolute atomic E-state index is 0.0165. The summed E-state index contributed by atoms with van der Waals surface area (Å²) in [6.07, 6.45) is 1.73. The maximum Gasteiger partial charge on any atom is 0.207 e. The fourth-order valence-electron chi connectivity index (χ4n) is 1.87. The fraction of sp³-hybridized carbons (Fsp3) is 1.00. The summed E-state index contributed by atoms with van der Waals surface area (Å²) < 4.78 is 10.4. The molecule has 1 aliphatic carbocycles. The Balaban J connectivity index is 1.98. The van der Waals surface area contributed by atoms with Gasteiger partial charge in [-0.05, 0) is 12.8 Å². The summed E-state index contributed by atoms with van der Waals surface area (Å²) in [5, 5.41) is 18.2. The first-order valence-corrected chi connectivity index (χ1v) is 4.44. The second kappa shape index (κ2) is 3.30. The van der Waals surface area contributed by atoms with Gasteiger partial charge in [0.2, 0.25) is 12.6 Å². The molecular formula is C8H14O4. The molecule has 4 nitrogen and oxygen atoms in total. The van der Waals surface area contributed by atoms with Gasteiger partial charge in [-0.25, -0.2) is 0 Å². The SMILES string of the molecule is OC1OC2CCCCC2OC1O. The summed E-state index contributed by atoms with van der Waals surface area (Å²) in [7, 11) is 0. The zero-order valence-corrected chi connectivity index (χ0v) is 6.85. The highest BCUT2D eigenvalue weighted by atomic mass is 16.7. The summed E-state index contributed by atoms with van der Waals surface area (Å²) in [4.78, 5) is 0. The maximum absolute atomic E-state index is 9.12. The molecule has 2 N–H and O–H groups in total. The molecule has 2 fully saturated rings. The Morgan fingerprint density at radius 3 is 1.67 bits per heavy atom. The molecule has 2 rings (SSSR count). The molecule has 1 heterocycles. The average molecular weight is 174 g/mol. The third-order valence-corrected chi connectivity index (χ3v) is 2.51. The molecule has 0 radical (unpaired) electrons. The van der Waals surface area contributed by atoms with Gasteiger partial charge < -0.3 is 19.7 Å². The van der Waals surface area contributed by atoms with Crippen LogP contribution in [-0.2, 0) is 9.47 Å². The third-order valence-electron chi connectivity index (χ3n) is 2.51. The predicted molar refractivity (Wildman–Crippen MR) is 40.2 cm³/mol. The number of rotatable bonds is 0. The van der Waals surface area contributed by atoms with Gasteiger partial charge in [-0.3, -0.25) is 0 Å². The van der Waals surface area contributed by atoms with E-state index in [9.17, 15) is 0 Å². The monoisotopic (exact) mass is 174 g/mol. The molecule has 70 valence electrons. The lowest BCUT2D eigenvalue weighted by Gasteiger charge is -2.39. The van der Waals surface area contributed by atoms with E-state index in [0.717, 1.165) is 25.7 Å². The van der Waals surface area contributed by atoms with Crippen LogP contribution in [0, 0.1) is 0 Å². The zero-order valence-electron chi connectivity index (χ0n) is 6.85. The van der Waals surface area contributed by atoms with E-state index < -0.39 is 12.6 Å². The van der Waals surface area contributed by atoms with Crippen molar-refractivity contribution in [1.29, 1.82) is 0 Å². The van der Waals surface area contributed by atoms with Crippen LogP contribution < -0.4 is 0 Å². The van der Waals surface area contributed by atoms with Crippen molar-refractivity contribution < 1.29 is 19.7 Å². The number of aliphatic hydroxyl groups excluding tert-OH is 2. The van der Waals surface area contributed by atoms with Crippen LogP contribution in [0.4, 0.5) is 0 Å². The molecule has 4 heteroatoms. The lowest BCUT2D eigenvalue weighted by atomic mass is 9.94. The van der Waals surface area contributed by atoms with E-state index in [2.05, 4.69) is 0 Å². The van der Waals surface area contributed by atoms with E-state index in [1.807, 2.05) is 0 Å². The zero-order chi connectivity index (χ0) is 8.55. The molecule has 4 unspecified atom stereocenters. The van der Waals surface area contributed by atoms with Crippen LogP contribution in [0.1, 0.15) is 25.7 Å². The average Bonchev–Trinajstić information content (AvgIpc) is 2.07. The summed E-state index contributed by atoms with van der Waals surface area (Å²) >= 11 is 0. The molecule has 0 bridgehead atoms. The van der Waals surface area contributed by atoms with Crippen LogP contribution in [0.3, 0.4) is 0 Å². The molecule has 0 amide bonds. The lowest BCUT2D eigenvalue weighted by molar-refractivity contribution is -0.343. The van der Waals surface area contributed by atoms with Crippen LogP contribution in [0.25, 0.3) is 0 Å². The molecule has 0 aromatic heterocycles. The van der Waals surface area contributed by atoms with Crippen LogP contribution >= 0.6 is 0 Å². The van der Waals surface area contributed by atoms with Crippen LogP contribution in [0.5, 0.6) is 0 Å². The normalized spacial score (nSPS) is 48.5. The minimum Gasteiger partial charge on any atom is -0.364 e. The predicted octanol–water partition coefficient (Wildman–Crippen LogP) is -0.0188. The Kier molecular flexibility index (Phi) is 2.32. The molecule has 4 atom stereocenters. The van der Waals surface area contributed by atoms with Gasteiger partial charge in [0.25, 0.3) is 0 Å². The minimum atomic E-state index is -1.16. The summed E-state index contributed by atoms with van der Waals surface area (Å²) in [5.74, 6) is 0. The molecule has 2 aliphatic rings. The van der Waals surface area contributed by atoms with Gasteiger partial charge in [0.1, 0.15) is 0 Å². The molecule has 0 aromatic rings. The Bertz CT molecular complexity index is 143. The Hall–Kier alpha value is -0.160. The largest absolute Gasteiger partial charge is 0.364 e. The molecule has 1 saturated carbocycles. The number of hydrogen-bond acceptors (Lipinski definition) is 4. The fourth-order valence-corrected chi connectivity index (χ4v) is 1.87. The van der Waals surface area contributed by atoms with E-state index in [-0.39, 0.29) is 12.2 Å². The molecule has 1 aliphatic heterocycles. The van der Waals surface area contributed by atoms with E-state index >= 15 is 0 Å². The van der Waals surface area contributed by atoms with Gasteiger partial charge in [-0.15, -0.1) is 0 Å². The Labute approximate surface area is 71.1 Å². The molecular weight excluding hydrogens is 160 g/mol. The van der Waals surface area contributed by atoms with E-state index in [1.54, 1.807) is 0 Å². The van der Waals surface area contributed by atoms with Crippen molar-refractivity contribution in [2.75, 3.05) is 0 Å². The van der Waals surface area contributed by atoms with Gasteiger partial charge in [0, 0.05) is 0 Å². The van der Waals surface area contributed by atoms with Crippen LogP contribution in [0.15, 0.2) is 0 Å². The first kappa shape index (κ1) is 8.44. The van der Waals surface area contributed by atoms with Crippen molar-refractivity contribution in [2.24, 2.45) is 0 Å². The van der Waals surface area contributed by atoms with Gasteiger partial charge in [-0.2, -0.15) is 0 Å². The molecule has 0 spiro atoms. The molecule has 0 aromatic carbocycles. The first-order chi connectivity index (χ1) is 5.77. The van der Waals surface area contributed by atoms with E-state index in [4.69, 9.17) is 19.7 Å². The van der Waals surface area contributed by atoms with Crippen LogP contribution in [-0.4, -0.2) is 35.0 Å². The summed E-state index contributed by atoms with van der Waals surface area (Å²) in [5.41, 5.74) is 0. The van der Waals surface area contributed by atoms with Gasteiger partial charge in [0.05, 0.1) is 12.2 Å². The first-order valence-electron chi connectivity index (χ1n) is 4.44. The van der Waals surface area contributed by atoms with Crippen molar-refractivity contribution in [1.82, 2.24) is 0 Å². The molecule has 1 saturated heterocycles. The smallest absolute Gasteiger partial charge is 0.207 e. The second-order valence-corrected chi connectivity index (χ2v) is 3.41. The Morgan fingerprint density at radius 2 is 1.25 bits per heavy atom. The van der Waals surface area contributed by atoms with Gasteiger partial charge in [-0.1, -0.05) is 12.8 Å². The van der Waals surface area contributed by atoms with Crippen molar-refractivity contribution in [3.05, 3.63) is 0 Å². The highest BCUT2D eigenvalue weighted by molar-refractivity contribution is 4.80. The number of aliphatic hydroxyl groups is 2. The maximum atomic E-state index is 9.12. The number of ether oxygens (including phenoxy) is 2. The summed E-state index contributed by atoms with van der Waals surface area (Å²) in [6, 6.07) is 0. The van der Waals surface area contributed by atoms with Gasteiger partial charge >= 0.3 is 0 Å². The highest BCUT2D eigenvalue weighted by Gasteiger charge is 2.38. The molecule has 12 heavy (non-hydrogen) atoms. The quantitative estimate of drug-likeness (QED) is 0.542. The Morgan fingerprint density at radius 1 is 0.833 bits per heavy atom. The van der Waals surface area contributed by atoms with E-state index in [0.29, 0.717) is 0 Å². The summed E-state index contributed by atoms with van der Waals surface area (Å²) in [6.45, 7) is 0. The van der Waals surface area contributed by atoms with E-state index in [1.165, 1.54) is 0 Å². The number of fused-ring (bicyclic) bond motifs is 1. The lowest BCUT2D eigenvalue weighted by Crippen LogP contribution is -2.50. The topological polar surface area (TPSA) is 58.9 Å². The van der Waals surface area contributed by atoms with Crippen molar-refractivity contribution in [2.45, 2.75) is 50.5 Å². The van der Waals surface area contributed by atoms with Crippen molar-refractivity contribution in [3.8, 4) is 0 Å². The van der Waals surface area contributed by atoms with Crippen LogP contribution in [0.2, 0.25) is 0 Å². The third kappa shape index (κ3) is 1.47. The van der Waals surface area contributed by atoms with Crippen molar-refractivity contribution in [3.63, 3.8) is 0 Å². The second-order valence-electron chi connectivity index (χ2n) is 3.41. The highest BCUT2D eigenvalue weighted by Crippen LogP contribution is 2.29. The van der Waals surface area contributed by atoms with Crippen molar-refractivity contribution >= 4 is 0 Å². The van der Waals surface area contributed by atoms with Gasteiger partial charge in [0.15, 0.2) is 0 Å². The number of hydrogen-bond donors (Lipinski definition) is 2. The standard InChI is InChI=1S/C8H14O4/c9-7-8(10)12-6-4-2-1-3-5(6)11-7/h5-10H,1-4H2.